The van der Waals surface area contributed by atoms with Crippen LogP contribution in [0.4, 0.5) is 0 Å². The van der Waals surface area contributed by atoms with Crippen LogP contribution in [0.1, 0.15) is 207 Å². The third-order valence-electron chi connectivity index (χ3n) is 8.94. The van der Waals surface area contributed by atoms with Gasteiger partial charge in [-0.15, -0.1) is 23.3 Å². The van der Waals surface area contributed by atoms with Gasteiger partial charge in [0.1, 0.15) is 29.6 Å². The van der Waals surface area contributed by atoms with Crippen LogP contribution in [0.25, 0.3) is 11.1 Å². The second-order valence-corrected chi connectivity index (χ2v) is 16.8. The van der Waals surface area contributed by atoms with Gasteiger partial charge < -0.3 is 0 Å². The van der Waals surface area contributed by atoms with Gasteiger partial charge in [-0.05, 0) is 157 Å². The quantitative estimate of drug-likeness (QED) is 0.144. The zero-order valence-electron chi connectivity index (χ0n) is 73.1. The molecule has 21 radical (unpaired) electrons. The molecule has 545 valence electrons. The first-order valence-corrected chi connectivity index (χ1v) is 31.3. The molecular weight excluding hydrogens is 2940 g/mol. The van der Waals surface area contributed by atoms with E-state index in [1.165, 1.54) is 27.8 Å². The molecule has 0 atom stereocenters. The van der Waals surface area contributed by atoms with E-state index in [9.17, 15) is 0 Å². The van der Waals surface area contributed by atoms with E-state index in [0.717, 1.165) is 80.0 Å². The molecule has 9 rings (SSSR count). The maximum atomic E-state index is 4.17. The van der Waals surface area contributed by atoms with Gasteiger partial charge in [0.2, 0.25) is 0 Å². The van der Waals surface area contributed by atoms with E-state index < -0.39 is 0 Å². The number of pyridine rings is 3. The van der Waals surface area contributed by atoms with Crippen LogP contribution in [0.3, 0.4) is 0 Å². The maximum Gasteiger partial charge on any atom is 0.129 e. The van der Waals surface area contributed by atoms with E-state index in [1.54, 1.807) is 24.9 Å². The predicted octanol–water partition coefficient (Wildman–Crippen LogP) is 20.9. The molecule has 0 saturated carbocycles. The number of aromatic nitrogens is 12. The van der Waals surface area contributed by atoms with Gasteiger partial charge >= 0.3 is 0 Å². The van der Waals surface area contributed by atoms with Crippen LogP contribution in [0.2, 0.25) is 0 Å². The van der Waals surface area contributed by atoms with Gasteiger partial charge in [-0.3, -0.25) is 24.9 Å². The summed E-state index contributed by atoms with van der Waals surface area (Å²) in [7, 11) is 0. The predicted molar refractivity (Wildman–Crippen MR) is 379 cm³/mol. The molecule has 33 heteroatoms. The van der Waals surface area contributed by atoms with Crippen molar-refractivity contribution in [3.05, 3.63) is 237 Å². The van der Waals surface area contributed by atoms with E-state index >= 15 is 0 Å². The van der Waals surface area contributed by atoms with Crippen molar-refractivity contribution in [2.45, 2.75) is 228 Å². The number of benzene rings is 2. The Morgan fingerprint density at radius 2 is 0.574 bits per heavy atom. The van der Waals surface area contributed by atoms with Crippen LogP contribution in [0.15, 0.2) is 128 Å². The van der Waals surface area contributed by atoms with Gasteiger partial charge in [-0.2, -0.15) is 36.4 Å². The molecule has 0 saturated heterocycles. The van der Waals surface area contributed by atoms with Crippen LogP contribution >= 0.6 is 0 Å². The minimum absolute atomic E-state index is 0. The zero-order chi connectivity index (χ0) is 68.7. The molecule has 0 aliphatic rings. The summed E-state index contributed by atoms with van der Waals surface area (Å²) < 4.78 is 0. The van der Waals surface area contributed by atoms with E-state index in [2.05, 4.69) is 123 Å². The molecule has 9 aromatic rings. The van der Waals surface area contributed by atoms with E-state index in [4.69, 9.17) is 0 Å². The van der Waals surface area contributed by atoms with Crippen molar-refractivity contribution in [3.63, 3.8) is 0 Å². The van der Waals surface area contributed by atoms with Gasteiger partial charge in [0.15, 0.2) is 0 Å². The van der Waals surface area contributed by atoms with Crippen molar-refractivity contribution in [1.82, 2.24) is 59.8 Å². The molecule has 0 bridgehead atoms. The summed E-state index contributed by atoms with van der Waals surface area (Å²) in [6, 6.07) is 34.8. The molecule has 7 aromatic heterocycles. The number of nitrogens with zero attached hydrogens (tertiary/aromatic N) is 12. The summed E-state index contributed by atoms with van der Waals surface area (Å²) in [4.78, 5) is 48.1. The first-order valence-electron chi connectivity index (χ1n) is 31.3. The van der Waals surface area contributed by atoms with Gasteiger partial charge in [0.05, 0.1) is 11.4 Å². The zero-order valence-corrected chi connectivity index (χ0v) is 133. The van der Waals surface area contributed by atoms with Crippen LogP contribution in [0.5, 0.6) is 0 Å². The Bertz CT molecular complexity index is 2490. The average Bonchev–Trinajstić information content (AvgIpc) is 3.50. The Balaban J connectivity index is -0.0000000248. The summed E-state index contributed by atoms with van der Waals surface area (Å²) in [5.41, 5.74) is 16.7. The molecule has 108 heavy (non-hydrogen) atoms. The summed E-state index contributed by atoms with van der Waals surface area (Å²) in [6.45, 7) is 65.5. The fraction of sp³-hybridized carbons (Fsp3) is 0.440. The smallest absolute Gasteiger partial charge is 0.129 e. The second-order valence-electron chi connectivity index (χ2n) is 16.8. The summed E-state index contributed by atoms with van der Waals surface area (Å²) in [5, 5.41) is 0. The molecule has 0 fully saturated rings. The third kappa shape index (κ3) is 142. The minimum Gasteiger partial charge on any atom is -0.264 e. The van der Waals surface area contributed by atoms with E-state index in [1.807, 2.05) is 281 Å². The maximum absolute atomic E-state index is 4.17. The average molecular weight is 3060 g/mol. The fourth-order valence-electron chi connectivity index (χ4n) is 6.20. The number of hydrogen-bond donors (Lipinski definition) is 0. The molecule has 0 aliphatic carbocycles. The topological polar surface area (TPSA) is 155 Å². The van der Waals surface area contributed by atoms with Crippen molar-refractivity contribution < 1.29 is 687 Å². The molecule has 0 spiro atoms. The Hall–Kier alpha value is 15.3. The molecule has 0 unspecified atom stereocenters. The fourth-order valence-corrected chi connectivity index (χ4v) is 6.20. The Morgan fingerprint density at radius 1 is 0.231 bits per heavy atom. The Morgan fingerprint density at radius 3 is 0.806 bits per heavy atom. The summed E-state index contributed by atoms with van der Waals surface area (Å²) >= 11 is 0. The molecular formula is C75H120N12Y21-2. The molecule has 7 heterocycles. The largest absolute Gasteiger partial charge is 0.264 e. The van der Waals surface area contributed by atoms with Gasteiger partial charge in [-0.1, -0.05) is 137 Å². The first kappa shape index (κ1) is 203. The van der Waals surface area contributed by atoms with Crippen molar-refractivity contribution in [1.29, 1.82) is 0 Å². The standard InChI is InChI=1S/C14H12.3C7H9N.C6H9N3.3C6H8N2.8C2H6.21Y/c1-11-8-12(2)10-14(9-11)13-6-4-3-5-7-13;1-6-3-7(2)5-8-4-6;1-6-3-4-8-7(2)5-6;1-6-4-3-5-7(2)8-6;1-4-7-5(2)9-6(3)8-4;1-5-3-7-4-6(2)8-5;1-5-3-6(2)8-4-7-5;1-5-3-4-7-6(2)8-5;8*1-2;;;;;;;;;;;;;;;;;;;;;/h3-6,8-9H,1-2H3;3*3-5H,1-2H3;1-3H3;3*3-4H,1-2H3;8*1-2H3;;;;;;;;;;;;;;;;;;;;;/q-2;;;;;;;;;;;;;;;;;;;;;;;;;;;;;;;;;;;;. The Labute approximate surface area is 1190 Å². The molecule has 0 aliphatic heterocycles. The molecule has 0 N–H and O–H groups in total. The molecule has 12 nitrogen and oxygen atoms in total. The SMILES string of the molecule is CC.CC.CC.CC.CC.CC.CC.CC.Cc1[c-]c(-c2[c-]cccc2)cc(C)c1.Cc1cc(C)ncn1.Cc1cccc(C)n1.Cc1ccnc(C)c1.Cc1ccnc(C)n1.Cc1cncc(C)c1.Cc1cncc(C)n1.Cc1nc(C)nc(C)n1.[Y].[Y].[Y].[Y].[Y].[Y].[Y].[Y].[Y].[Y].[Y].[Y].[Y].[Y].[Y].[Y].[Y].[Y].[Y].[Y].[Y]. The van der Waals surface area contributed by atoms with E-state index in [-0.39, 0.29) is 687 Å². The second kappa shape index (κ2) is 156. The van der Waals surface area contributed by atoms with E-state index in [0.29, 0.717) is 0 Å². The van der Waals surface area contributed by atoms with Crippen LogP contribution in [-0.2, 0) is 687 Å². The summed E-state index contributed by atoms with van der Waals surface area (Å²) in [6.07, 6.45) is 12.4. The van der Waals surface area contributed by atoms with Crippen LogP contribution in [0, 0.1) is 130 Å². The molecule has 2 aromatic carbocycles. The van der Waals surface area contributed by atoms with Gasteiger partial charge in [0, 0.05) is 758 Å². The van der Waals surface area contributed by atoms with Crippen LogP contribution in [-0.4, -0.2) is 59.8 Å². The normalized spacial score (nSPS) is 6.68. The van der Waals surface area contributed by atoms with Gasteiger partial charge in [0.25, 0.3) is 0 Å². The summed E-state index contributed by atoms with van der Waals surface area (Å²) in [5.74, 6) is 3.21. The number of hydrogen-bond acceptors (Lipinski definition) is 12. The van der Waals surface area contributed by atoms with Crippen molar-refractivity contribution in [3.8, 4) is 11.1 Å². The van der Waals surface area contributed by atoms with Crippen molar-refractivity contribution >= 4 is 0 Å². The third-order valence-corrected chi connectivity index (χ3v) is 8.94. The van der Waals surface area contributed by atoms with Crippen molar-refractivity contribution in [2.75, 3.05) is 0 Å². The van der Waals surface area contributed by atoms with Crippen LogP contribution < -0.4 is 0 Å². The number of rotatable bonds is 1. The minimum atomic E-state index is 0. The van der Waals surface area contributed by atoms with Crippen molar-refractivity contribution in [2.24, 2.45) is 0 Å². The van der Waals surface area contributed by atoms with Gasteiger partial charge in [-0.25, -0.2) is 46.0 Å². The first-order chi connectivity index (χ1) is 41.7. The monoisotopic (exact) mass is 3060 g/mol. The molecule has 0 amide bonds. The Kier molecular flexibility index (Phi) is 294. The number of aryl methyl sites for hydroxylation is 17.